The first-order valence-electron chi connectivity index (χ1n) is 5.90. The fourth-order valence-electron chi connectivity index (χ4n) is 2.27. The minimum atomic E-state index is 0.809. The molecule has 1 N–H and O–H groups in total. The molecule has 1 fully saturated rings. The Bertz CT molecular complexity index is 335. The average Bonchev–Trinajstić information content (AvgIpc) is 2.48. The van der Waals surface area contributed by atoms with Gasteiger partial charge in [-0.25, -0.2) is 0 Å². The van der Waals surface area contributed by atoms with Gasteiger partial charge in [-0.15, -0.1) is 0 Å². The fraction of sp³-hybridized carbons (Fsp3) is 0.750. The molecule has 15 heavy (non-hydrogen) atoms. The number of hydrogen-bond acceptors (Lipinski definition) is 2. The number of hydrogen-bond donors (Lipinski definition) is 1. The topological polar surface area (TPSA) is 29.9 Å². The van der Waals surface area contributed by atoms with Crippen molar-refractivity contribution in [3.63, 3.8) is 0 Å². The normalized spacial score (nSPS) is 18.3. The van der Waals surface area contributed by atoms with E-state index >= 15 is 0 Å². The van der Waals surface area contributed by atoms with E-state index in [1.54, 1.807) is 0 Å². The molecule has 2 heterocycles. The van der Waals surface area contributed by atoms with Crippen molar-refractivity contribution in [1.82, 2.24) is 15.1 Å². The number of aromatic nitrogens is 2. The first-order valence-corrected chi connectivity index (χ1v) is 5.90. The molecule has 0 bridgehead atoms. The van der Waals surface area contributed by atoms with Gasteiger partial charge in [0.1, 0.15) is 0 Å². The van der Waals surface area contributed by atoms with Crippen molar-refractivity contribution in [3.8, 4) is 0 Å². The first kappa shape index (κ1) is 10.7. The summed E-state index contributed by atoms with van der Waals surface area (Å²) in [5.74, 6) is 0.809. The number of rotatable bonds is 2. The van der Waals surface area contributed by atoms with E-state index < -0.39 is 0 Å². The van der Waals surface area contributed by atoms with E-state index in [1.807, 2.05) is 0 Å². The van der Waals surface area contributed by atoms with Crippen molar-refractivity contribution in [1.29, 1.82) is 0 Å². The van der Waals surface area contributed by atoms with Gasteiger partial charge in [0.15, 0.2) is 0 Å². The molecule has 0 spiro atoms. The molecule has 0 aliphatic carbocycles. The molecule has 0 unspecified atom stereocenters. The average molecular weight is 207 g/mol. The van der Waals surface area contributed by atoms with Gasteiger partial charge in [0.05, 0.1) is 5.69 Å². The summed E-state index contributed by atoms with van der Waals surface area (Å²) >= 11 is 0. The molecule has 0 aromatic carbocycles. The van der Waals surface area contributed by atoms with Gasteiger partial charge < -0.3 is 5.32 Å². The van der Waals surface area contributed by atoms with Gasteiger partial charge in [0.2, 0.25) is 0 Å². The van der Waals surface area contributed by atoms with E-state index in [4.69, 9.17) is 0 Å². The van der Waals surface area contributed by atoms with Crippen LogP contribution >= 0.6 is 0 Å². The Balaban J connectivity index is 2.06. The highest BCUT2D eigenvalue weighted by Crippen LogP contribution is 2.17. The van der Waals surface area contributed by atoms with Crippen molar-refractivity contribution in [2.75, 3.05) is 13.1 Å². The SMILES string of the molecule is Cc1nn(CC2CCNCC2)c(C)c1C. The van der Waals surface area contributed by atoms with E-state index in [-0.39, 0.29) is 0 Å². The Kier molecular flexibility index (Phi) is 3.10. The van der Waals surface area contributed by atoms with E-state index in [1.165, 1.54) is 42.9 Å². The molecule has 1 aliphatic heterocycles. The quantitative estimate of drug-likeness (QED) is 0.801. The van der Waals surface area contributed by atoms with Gasteiger partial charge in [-0.1, -0.05) is 0 Å². The molecule has 1 aliphatic rings. The molecule has 1 aromatic heterocycles. The van der Waals surface area contributed by atoms with Crippen LogP contribution in [0.2, 0.25) is 0 Å². The lowest BCUT2D eigenvalue weighted by Gasteiger charge is -2.22. The molecular weight excluding hydrogens is 186 g/mol. The van der Waals surface area contributed by atoms with Gasteiger partial charge >= 0.3 is 0 Å². The molecule has 3 heteroatoms. The summed E-state index contributed by atoms with van der Waals surface area (Å²) in [6.45, 7) is 9.88. The molecule has 84 valence electrons. The summed E-state index contributed by atoms with van der Waals surface area (Å²) in [5.41, 5.74) is 3.87. The van der Waals surface area contributed by atoms with Crippen LogP contribution in [0.4, 0.5) is 0 Å². The summed E-state index contributed by atoms with van der Waals surface area (Å²) in [7, 11) is 0. The summed E-state index contributed by atoms with van der Waals surface area (Å²) in [6.07, 6.45) is 2.58. The van der Waals surface area contributed by atoms with Gasteiger partial charge in [0.25, 0.3) is 0 Å². The second-order valence-electron chi connectivity index (χ2n) is 4.67. The molecule has 3 nitrogen and oxygen atoms in total. The van der Waals surface area contributed by atoms with Crippen LogP contribution in [-0.4, -0.2) is 22.9 Å². The van der Waals surface area contributed by atoms with Crippen LogP contribution in [0.1, 0.15) is 29.8 Å². The Morgan fingerprint density at radius 1 is 1.27 bits per heavy atom. The number of nitrogens with zero attached hydrogens (tertiary/aromatic N) is 2. The van der Waals surface area contributed by atoms with E-state index in [2.05, 4.69) is 35.9 Å². The Hall–Kier alpha value is -0.830. The summed E-state index contributed by atoms with van der Waals surface area (Å²) in [6, 6.07) is 0. The molecule has 0 amide bonds. The van der Waals surface area contributed by atoms with Crippen molar-refractivity contribution in [2.24, 2.45) is 5.92 Å². The zero-order chi connectivity index (χ0) is 10.8. The lowest BCUT2D eigenvalue weighted by molar-refractivity contribution is 0.318. The van der Waals surface area contributed by atoms with E-state index in [0.29, 0.717) is 0 Å². The lowest BCUT2D eigenvalue weighted by atomic mass is 9.98. The van der Waals surface area contributed by atoms with Gasteiger partial charge in [0, 0.05) is 12.2 Å². The predicted octanol–water partition coefficient (Wildman–Crippen LogP) is 1.81. The van der Waals surface area contributed by atoms with Gasteiger partial charge in [-0.2, -0.15) is 5.10 Å². The molecule has 0 radical (unpaired) electrons. The van der Waals surface area contributed by atoms with Crippen molar-refractivity contribution in [2.45, 2.75) is 40.2 Å². The summed E-state index contributed by atoms with van der Waals surface area (Å²) in [4.78, 5) is 0. The van der Waals surface area contributed by atoms with Crippen LogP contribution in [0.15, 0.2) is 0 Å². The zero-order valence-electron chi connectivity index (χ0n) is 10.0. The van der Waals surface area contributed by atoms with Crippen LogP contribution in [0.5, 0.6) is 0 Å². The maximum Gasteiger partial charge on any atom is 0.0625 e. The van der Waals surface area contributed by atoms with Crippen LogP contribution in [0.25, 0.3) is 0 Å². The first-order chi connectivity index (χ1) is 7.18. The number of nitrogens with one attached hydrogen (secondary N) is 1. The third-order valence-electron chi connectivity index (χ3n) is 3.63. The van der Waals surface area contributed by atoms with E-state index in [0.717, 1.165) is 12.5 Å². The standard InChI is InChI=1S/C12H21N3/c1-9-10(2)14-15(11(9)3)8-12-4-6-13-7-5-12/h12-13H,4-8H2,1-3H3. The van der Waals surface area contributed by atoms with Gasteiger partial charge in [-0.05, 0) is 58.2 Å². The summed E-state index contributed by atoms with van der Waals surface area (Å²) < 4.78 is 2.20. The van der Waals surface area contributed by atoms with Crippen molar-refractivity contribution >= 4 is 0 Å². The van der Waals surface area contributed by atoms with Gasteiger partial charge in [-0.3, -0.25) is 4.68 Å². The largest absolute Gasteiger partial charge is 0.317 e. The highest BCUT2D eigenvalue weighted by Gasteiger charge is 2.16. The third kappa shape index (κ3) is 2.23. The monoisotopic (exact) mass is 207 g/mol. The van der Waals surface area contributed by atoms with E-state index in [9.17, 15) is 0 Å². The zero-order valence-corrected chi connectivity index (χ0v) is 10.0. The van der Waals surface area contributed by atoms with Crippen LogP contribution < -0.4 is 5.32 Å². The molecule has 1 saturated heterocycles. The Labute approximate surface area is 91.9 Å². The number of piperidine rings is 1. The molecular formula is C12H21N3. The van der Waals surface area contributed by atoms with Crippen LogP contribution in [0, 0.1) is 26.7 Å². The highest BCUT2D eigenvalue weighted by atomic mass is 15.3. The van der Waals surface area contributed by atoms with Crippen LogP contribution in [-0.2, 0) is 6.54 Å². The Morgan fingerprint density at radius 3 is 2.47 bits per heavy atom. The molecule has 1 aromatic rings. The number of aryl methyl sites for hydroxylation is 1. The Morgan fingerprint density at radius 2 is 1.93 bits per heavy atom. The van der Waals surface area contributed by atoms with Crippen molar-refractivity contribution < 1.29 is 0 Å². The third-order valence-corrected chi connectivity index (χ3v) is 3.63. The highest BCUT2D eigenvalue weighted by molar-refractivity contribution is 5.22. The smallest absolute Gasteiger partial charge is 0.0625 e. The second kappa shape index (κ2) is 4.35. The maximum absolute atomic E-state index is 4.60. The maximum atomic E-state index is 4.60. The lowest BCUT2D eigenvalue weighted by Crippen LogP contribution is -2.30. The minimum absolute atomic E-state index is 0.809. The minimum Gasteiger partial charge on any atom is -0.317 e. The fourth-order valence-corrected chi connectivity index (χ4v) is 2.27. The summed E-state index contributed by atoms with van der Waals surface area (Å²) in [5, 5.41) is 8.00. The molecule has 0 saturated carbocycles. The molecule has 0 atom stereocenters. The van der Waals surface area contributed by atoms with Crippen molar-refractivity contribution in [3.05, 3.63) is 17.0 Å². The van der Waals surface area contributed by atoms with Crippen LogP contribution in [0.3, 0.4) is 0 Å². The molecule has 2 rings (SSSR count). The second-order valence-corrected chi connectivity index (χ2v) is 4.67. The predicted molar refractivity (Wildman–Crippen MR) is 62.0 cm³/mol.